The maximum Gasteiger partial charge on any atom is 0.306 e. The molecular weight excluding hydrogens is 280 g/mol. The Kier molecular flexibility index (Phi) is 6.48. The van der Waals surface area contributed by atoms with Crippen LogP contribution in [0.3, 0.4) is 0 Å². The quantitative estimate of drug-likeness (QED) is 0.530. The first-order chi connectivity index (χ1) is 9.58. The van der Waals surface area contributed by atoms with Crippen molar-refractivity contribution in [2.24, 2.45) is 17.8 Å². The molecule has 1 aliphatic rings. The molecule has 21 heavy (non-hydrogen) atoms. The van der Waals surface area contributed by atoms with Crippen molar-refractivity contribution in [3.63, 3.8) is 0 Å². The van der Waals surface area contributed by atoms with E-state index < -0.39 is 8.32 Å². The lowest BCUT2D eigenvalue weighted by atomic mass is 9.89. The summed E-state index contributed by atoms with van der Waals surface area (Å²) in [6, 6.07) is 0. The monoisotopic (exact) mass is 314 g/mol. The largest absolute Gasteiger partial charge is 0.466 e. The molecule has 3 atom stereocenters. The summed E-state index contributed by atoms with van der Waals surface area (Å²) in [6.07, 6.45) is 2.89. The van der Waals surface area contributed by atoms with Crippen LogP contribution in [0, 0.1) is 17.8 Å². The Hall–Kier alpha value is -0.353. The van der Waals surface area contributed by atoms with Gasteiger partial charge in [0, 0.05) is 13.0 Å². The molecule has 0 radical (unpaired) electrons. The van der Waals surface area contributed by atoms with Crippen molar-refractivity contribution in [1.29, 1.82) is 0 Å². The molecule has 1 unspecified atom stereocenters. The molecule has 1 fully saturated rings. The second-order valence-electron chi connectivity index (χ2n) is 8.06. The highest BCUT2D eigenvalue weighted by Gasteiger charge is 2.40. The smallest absolute Gasteiger partial charge is 0.306 e. The lowest BCUT2D eigenvalue weighted by Crippen LogP contribution is -2.42. The zero-order valence-corrected chi connectivity index (χ0v) is 16.0. The molecule has 1 rings (SSSR count). The summed E-state index contributed by atoms with van der Waals surface area (Å²) < 4.78 is 11.5. The second-order valence-corrected chi connectivity index (χ2v) is 12.9. The molecule has 0 N–H and O–H groups in total. The minimum absolute atomic E-state index is 0.0473. The Morgan fingerprint density at radius 1 is 1.24 bits per heavy atom. The fourth-order valence-electron chi connectivity index (χ4n) is 2.88. The molecule has 0 aromatic heterocycles. The van der Waals surface area contributed by atoms with Gasteiger partial charge >= 0.3 is 5.97 Å². The summed E-state index contributed by atoms with van der Waals surface area (Å²) in [5.41, 5.74) is 0. The van der Waals surface area contributed by atoms with Crippen LogP contribution >= 0.6 is 0 Å². The summed E-state index contributed by atoms with van der Waals surface area (Å²) in [5.74, 6) is 1.54. The van der Waals surface area contributed by atoms with Crippen LogP contribution in [-0.4, -0.2) is 27.5 Å². The highest BCUT2D eigenvalue weighted by molar-refractivity contribution is 6.74. The molecular formula is C17H34O3Si. The topological polar surface area (TPSA) is 35.5 Å². The van der Waals surface area contributed by atoms with Crippen LogP contribution in [0.25, 0.3) is 0 Å². The lowest BCUT2D eigenvalue weighted by molar-refractivity contribution is -0.144. The Labute approximate surface area is 131 Å². The van der Waals surface area contributed by atoms with Gasteiger partial charge < -0.3 is 9.16 Å². The van der Waals surface area contributed by atoms with E-state index in [0.29, 0.717) is 30.8 Å². The number of carbonyl (C=O) groups excluding carboxylic acids is 1. The summed E-state index contributed by atoms with van der Waals surface area (Å²) >= 11 is 0. The highest BCUT2D eigenvalue weighted by Crippen LogP contribution is 2.42. The molecule has 0 spiro atoms. The summed E-state index contributed by atoms with van der Waals surface area (Å²) in [5, 5.41) is 0.242. The SMILES string of the molecule is CCOC(=O)CC1CC[C@H](C)[C@H]1CO[Si](C)(C)C(C)(C)C. The van der Waals surface area contributed by atoms with E-state index in [4.69, 9.17) is 9.16 Å². The first-order valence-electron chi connectivity index (χ1n) is 8.38. The third-order valence-electron chi connectivity index (χ3n) is 5.51. The van der Waals surface area contributed by atoms with Gasteiger partial charge in [0.05, 0.1) is 6.61 Å². The zero-order chi connectivity index (χ0) is 16.3. The van der Waals surface area contributed by atoms with Gasteiger partial charge in [-0.05, 0) is 49.2 Å². The van der Waals surface area contributed by atoms with Crippen LogP contribution in [0.15, 0.2) is 0 Å². The van der Waals surface area contributed by atoms with Gasteiger partial charge in [0.1, 0.15) is 0 Å². The molecule has 1 aliphatic carbocycles. The zero-order valence-electron chi connectivity index (χ0n) is 15.0. The lowest BCUT2D eigenvalue weighted by Gasteiger charge is -2.38. The first-order valence-corrected chi connectivity index (χ1v) is 11.3. The molecule has 0 saturated heterocycles. The van der Waals surface area contributed by atoms with E-state index in [1.165, 1.54) is 6.42 Å². The summed E-state index contributed by atoms with van der Waals surface area (Å²) in [4.78, 5) is 11.8. The Bertz CT molecular complexity index is 346. The molecule has 3 nitrogen and oxygen atoms in total. The standard InChI is InChI=1S/C17H34O3Si/c1-8-19-16(18)11-14-10-9-13(2)15(14)12-20-21(6,7)17(3,4)5/h13-15H,8-12H2,1-7H3/t13-,14?,15+/m0/s1. The minimum Gasteiger partial charge on any atom is -0.466 e. The highest BCUT2D eigenvalue weighted by atomic mass is 28.4. The van der Waals surface area contributed by atoms with Gasteiger partial charge in [-0.1, -0.05) is 34.1 Å². The van der Waals surface area contributed by atoms with Gasteiger partial charge in [-0.15, -0.1) is 0 Å². The number of rotatable bonds is 6. The maximum absolute atomic E-state index is 11.8. The van der Waals surface area contributed by atoms with E-state index >= 15 is 0 Å². The predicted octanol–water partition coefficient (Wildman–Crippen LogP) is 4.62. The molecule has 0 aliphatic heterocycles. The van der Waals surface area contributed by atoms with Crippen molar-refractivity contribution in [3.05, 3.63) is 0 Å². The average Bonchev–Trinajstić information content (AvgIpc) is 2.66. The molecule has 0 amide bonds. The van der Waals surface area contributed by atoms with Crippen LogP contribution in [-0.2, 0) is 14.0 Å². The number of hydrogen-bond acceptors (Lipinski definition) is 3. The van der Waals surface area contributed by atoms with Crippen molar-refractivity contribution in [2.75, 3.05) is 13.2 Å². The van der Waals surface area contributed by atoms with E-state index in [1.807, 2.05) is 6.92 Å². The van der Waals surface area contributed by atoms with Crippen molar-refractivity contribution in [1.82, 2.24) is 0 Å². The van der Waals surface area contributed by atoms with Crippen molar-refractivity contribution in [2.45, 2.75) is 72.0 Å². The normalized spacial score (nSPS) is 26.9. The van der Waals surface area contributed by atoms with Crippen LogP contribution in [0.4, 0.5) is 0 Å². The molecule has 0 aromatic rings. The van der Waals surface area contributed by atoms with Crippen LogP contribution < -0.4 is 0 Å². The van der Waals surface area contributed by atoms with Gasteiger partial charge in [-0.25, -0.2) is 0 Å². The van der Waals surface area contributed by atoms with E-state index in [1.54, 1.807) is 0 Å². The summed E-state index contributed by atoms with van der Waals surface area (Å²) in [6.45, 7) is 16.9. The van der Waals surface area contributed by atoms with Gasteiger partial charge in [0.15, 0.2) is 8.32 Å². The second kappa shape index (κ2) is 7.27. The van der Waals surface area contributed by atoms with Gasteiger partial charge in [-0.3, -0.25) is 4.79 Å². The number of hydrogen-bond donors (Lipinski definition) is 0. The minimum atomic E-state index is -1.70. The fraction of sp³-hybridized carbons (Fsp3) is 0.941. The fourth-order valence-corrected chi connectivity index (χ4v) is 3.92. The number of carbonyl (C=O) groups is 1. The van der Waals surface area contributed by atoms with Crippen molar-refractivity contribution >= 4 is 14.3 Å². The van der Waals surface area contributed by atoms with Crippen molar-refractivity contribution < 1.29 is 14.0 Å². The van der Waals surface area contributed by atoms with E-state index in [-0.39, 0.29) is 11.0 Å². The maximum atomic E-state index is 11.8. The Morgan fingerprint density at radius 2 is 1.86 bits per heavy atom. The van der Waals surface area contributed by atoms with Crippen molar-refractivity contribution in [3.8, 4) is 0 Å². The van der Waals surface area contributed by atoms with Crippen LogP contribution in [0.2, 0.25) is 18.1 Å². The third kappa shape index (κ3) is 5.10. The predicted molar refractivity (Wildman–Crippen MR) is 89.8 cm³/mol. The van der Waals surface area contributed by atoms with Gasteiger partial charge in [0.25, 0.3) is 0 Å². The third-order valence-corrected chi connectivity index (χ3v) is 10.0. The van der Waals surface area contributed by atoms with Crippen LogP contribution in [0.5, 0.6) is 0 Å². The Morgan fingerprint density at radius 3 is 2.38 bits per heavy atom. The van der Waals surface area contributed by atoms with E-state index in [2.05, 4.69) is 40.8 Å². The van der Waals surface area contributed by atoms with Gasteiger partial charge in [0.2, 0.25) is 0 Å². The van der Waals surface area contributed by atoms with Crippen LogP contribution in [0.1, 0.15) is 53.9 Å². The molecule has 4 heteroatoms. The molecule has 0 aromatic carbocycles. The molecule has 1 saturated carbocycles. The van der Waals surface area contributed by atoms with E-state index in [9.17, 15) is 4.79 Å². The number of esters is 1. The molecule has 124 valence electrons. The van der Waals surface area contributed by atoms with Gasteiger partial charge in [-0.2, -0.15) is 0 Å². The van der Waals surface area contributed by atoms with E-state index in [0.717, 1.165) is 13.0 Å². The first kappa shape index (κ1) is 18.7. The molecule has 0 bridgehead atoms. The molecule has 0 heterocycles. The number of ether oxygens (including phenoxy) is 1. The average molecular weight is 315 g/mol. The summed E-state index contributed by atoms with van der Waals surface area (Å²) in [7, 11) is -1.70. The Balaban J connectivity index is 2.60.